The molecule has 0 N–H and O–H groups in total. The third-order valence-electron chi connectivity index (χ3n) is 1.96. The van der Waals surface area contributed by atoms with Crippen molar-refractivity contribution in [2.24, 2.45) is 0 Å². The molecular weight excluding hydrogens is 350 g/mol. The van der Waals surface area contributed by atoms with E-state index in [0.29, 0.717) is 0 Å². The molecule has 0 spiro atoms. The second-order valence-electron chi connectivity index (χ2n) is 3.42. The molecule has 0 saturated carbocycles. The monoisotopic (exact) mass is 352 g/mol. The molecule has 0 radical (unpaired) electrons. The van der Waals surface area contributed by atoms with Gasteiger partial charge in [-0.3, -0.25) is 0 Å². The van der Waals surface area contributed by atoms with Crippen LogP contribution in [0.2, 0.25) is 0 Å². The van der Waals surface area contributed by atoms with Gasteiger partial charge < -0.3 is 0 Å². The lowest BCUT2D eigenvalue weighted by Crippen LogP contribution is -2.69. The third kappa shape index (κ3) is 2.41. The Bertz CT molecular complexity index is 324. The minimum atomic E-state index is -7.82. The molecule has 1 atom stereocenters. The van der Waals surface area contributed by atoms with E-state index in [1.165, 1.54) is 0 Å². The summed E-state index contributed by atoms with van der Waals surface area (Å²) in [6.07, 6.45) is -7.37. The van der Waals surface area contributed by atoms with Crippen molar-refractivity contribution < 1.29 is 57.1 Å². The van der Waals surface area contributed by atoms with Gasteiger partial charge in [-0.15, -0.1) is 0 Å². The van der Waals surface area contributed by atoms with Crippen LogP contribution < -0.4 is 0 Å². The average Bonchev–Trinajstić information content (AvgIpc) is 2.12. The summed E-state index contributed by atoms with van der Waals surface area (Å²) in [6, 6.07) is 0. The number of halogens is 13. The molecular formula is C6H2F13P. The van der Waals surface area contributed by atoms with E-state index < -0.39 is 35.5 Å². The van der Waals surface area contributed by atoms with Gasteiger partial charge in [0.1, 0.15) is 0 Å². The largest absolute Gasteiger partial charge is 0.460 e. The molecule has 0 aliphatic carbocycles. The SMILES string of the molecule is FC(F)(F)C(F)(F)C(F)(F)C(F)(F)C(F)(F)C(F)(F)P. The molecule has 0 aromatic heterocycles. The van der Waals surface area contributed by atoms with Crippen LogP contribution in [0.5, 0.6) is 0 Å². The number of hydrogen-bond donors (Lipinski definition) is 0. The zero-order valence-electron chi connectivity index (χ0n) is 8.49. The van der Waals surface area contributed by atoms with Gasteiger partial charge in [0, 0.05) is 0 Å². The van der Waals surface area contributed by atoms with Crippen molar-refractivity contribution in [3.63, 3.8) is 0 Å². The number of hydrogen-bond acceptors (Lipinski definition) is 0. The van der Waals surface area contributed by atoms with Gasteiger partial charge in [-0.05, 0) is 0 Å². The smallest absolute Gasteiger partial charge is 0.195 e. The first kappa shape index (κ1) is 19.5. The molecule has 122 valence electrons. The Labute approximate surface area is 103 Å². The van der Waals surface area contributed by atoms with Gasteiger partial charge in [0.05, 0.1) is 0 Å². The van der Waals surface area contributed by atoms with Crippen LogP contribution in [-0.4, -0.2) is 35.5 Å². The molecule has 0 saturated heterocycles. The van der Waals surface area contributed by atoms with E-state index in [2.05, 4.69) is 0 Å². The van der Waals surface area contributed by atoms with Gasteiger partial charge in [0.15, 0.2) is 0 Å². The first-order chi connectivity index (χ1) is 8.25. The Morgan fingerprint density at radius 2 is 0.650 bits per heavy atom. The van der Waals surface area contributed by atoms with Gasteiger partial charge in [0.25, 0.3) is 0 Å². The third-order valence-corrected chi connectivity index (χ3v) is 2.32. The topological polar surface area (TPSA) is 0 Å². The minimum Gasteiger partial charge on any atom is -0.195 e. The van der Waals surface area contributed by atoms with E-state index in [9.17, 15) is 57.1 Å². The molecule has 14 heteroatoms. The highest BCUT2D eigenvalue weighted by atomic mass is 31.0. The lowest BCUT2D eigenvalue weighted by atomic mass is 9.98. The van der Waals surface area contributed by atoms with Gasteiger partial charge in [0.2, 0.25) is 0 Å². The first-order valence-electron chi connectivity index (χ1n) is 4.00. The summed E-state index contributed by atoms with van der Waals surface area (Å²) >= 11 is 0. The summed E-state index contributed by atoms with van der Waals surface area (Å²) in [6.45, 7) is 0. The Balaban J connectivity index is 6.08. The van der Waals surface area contributed by atoms with Crippen molar-refractivity contribution in [2.45, 2.75) is 35.5 Å². The summed E-state index contributed by atoms with van der Waals surface area (Å²) < 4.78 is 158. The highest BCUT2D eigenvalue weighted by Crippen LogP contribution is 2.61. The average molecular weight is 352 g/mol. The predicted molar refractivity (Wildman–Crippen MR) is 40.5 cm³/mol. The van der Waals surface area contributed by atoms with Crippen molar-refractivity contribution in [3.05, 3.63) is 0 Å². The maximum atomic E-state index is 12.5. The maximum Gasteiger partial charge on any atom is 0.460 e. The second kappa shape index (κ2) is 4.51. The summed E-state index contributed by atoms with van der Waals surface area (Å²) in [5.41, 5.74) is -6.07. The lowest BCUT2D eigenvalue weighted by Gasteiger charge is -2.38. The van der Waals surface area contributed by atoms with Crippen LogP contribution >= 0.6 is 9.24 Å². The summed E-state index contributed by atoms with van der Waals surface area (Å²) in [4.78, 5) is 0. The van der Waals surface area contributed by atoms with Crippen LogP contribution in [0.1, 0.15) is 0 Å². The van der Waals surface area contributed by atoms with E-state index in [1.807, 2.05) is 0 Å². The second-order valence-corrected chi connectivity index (χ2v) is 4.14. The van der Waals surface area contributed by atoms with E-state index in [4.69, 9.17) is 0 Å². The van der Waals surface area contributed by atoms with Crippen LogP contribution in [0.3, 0.4) is 0 Å². The highest BCUT2D eigenvalue weighted by molar-refractivity contribution is 7.18. The van der Waals surface area contributed by atoms with E-state index in [-0.39, 0.29) is 9.24 Å². The van der Waals surface area contributed by atoms with Crippen LogP contribution in [0.25, 0.3) is 0 Å². The van der Waals surface area contributed by atoms with Crippen LogP contribution in [-0.2, 0) is 0 Å². The Morgan fingerprint density at radius 1 is 0.400 bits per heavy atom. The molecule has 0 bridgehead atoms. The molecule has 0 nitrogen and oxygen atoms in total. The first-order valence-corrected chi connectivity index (χ1v) is 4.57. The fourth-order valence-corrected chi connectivity index (χ4v) is 0.963. The quantitative estimate of drug-likeness (QED) is 0.514. The molecule has 0 amide bonds. The molecule has 0 aliphatic rings. The van der Waals surface area contributed by atoms with Crippen LogP contribution in [0, 0.1) is 0 Å². The summed E-state index contributed by atoms with van der Waals surface area (Å²) in [5.74, 6) is -30.4. The van der Waals surface area contributed by atoms with Gasteiger partial charge in [-0.25, -0.2) is 0 Å². The minimum absolute atomic E-state index is 0.345. The maximum absolute atomic E-state index is 12.5. The molecule has 0 fully saturated rings. The van der Waals surface area contributed by atoms with E-state index >= 15 is 0 Å². The summed E-state index contributed by atoms with van der Waals surface area (Å²) in [5, 5.41) is 0. The van der Waals surface area contributed by atoms with Crippen LogP contribution in [0.15, 0.2) is 0 Å². The molecule has 20 heavy (non-hydrogen) atoms. The lowest BCUT2D eigenvalue weighted by molar-refractivity contribution is -0.433. The molecule has 0 aromatic carbocycles. The van der Waals surface area contributed by atoms with Crippen molar-refractivity contribution in [3.8, 4) is 0 Å². The molecule has 0 aromatic rings. The van der Waals surface area contributed by atoms with Crippen LogP contribution in [0.4, 0.5) is 57.1 Å². The molecule has 0 rings (SSSR count). The zero-order chi connectivity index (χ0) is 17.0. The molecule has 1 unspecified atom stereocenters. The highest BCUT2D eigenvalue weighted by Gasteiger charge is 2.90. The van der Waals surface area contributed by atoms with Crippen molar-refractivity contribution in [1.29, 1.82) is 0 Å². The predicted octanol–water partition coefficient (Wildman–Crippen LogP) is 4.56. The molecule has 0 heterocycles. The Hall–Kier alpha value is -0.480. The van der Waals surface area contributed by atoms with Crippen molar-refractivity contribution in [2.75, 3.05) is 0 Å². The molecule has 0 aliphatic heterocycles. The summed E-state index contributed by atoms with van der Waals surface area (Å²) in [7, 11) is -0.345. The van der Waals surface area contributed by atoms with Gasteiger partial charge >= 0.3 is 35.5 Å². The number of rotatable bonds is 4. The standard InChI is InChI=1S/C6H2F13P/c7-1(8,3(11,12)5(15,16)17)2(9,10)4(13,14)6(18,19)20/h20H2. The van der Waals surface area contributed by atoms with E-state index in [0.717, 1.165) is 0 Å². The fraction of sp³-hybridized carbons (Fsp3) is 1.00. The zero-order valence-corrected chi connectivity index (χ0v) is 9.65. The van der Waals surface area contributed by atoms with Crippen molar-refractivity contribution >= 4 is 9.24 Å². The number of alkyl halides is 13. The normalized spacial score (nSPS) is 16.5. The van der Waals surface area contributed by atoms with Gasteiger partial charge in [-0.1, -0.05) is 9.24 Å². The van der Waals surface area contributed by atoms with Gasteiger partial charge in [-0.2, -0.15) is 57.1 Å². The Morgan fingerprint density at radius 3 is 0.850 bits per heavy atom. The van der Waals surface area contributed by atoms with E-state index in [1.54, 1.807) is 0 Å². The van der Waals surface area contributed by atoms with Crippen molar-refractivity contribution in [1.82, 2.24) is 0 Å². The Kier molecular flexibility index (Phi) is 4.40. The fourth-order valence-electron chi connectivity index (χ4n) is 0.782.